The van der Waals surface area contributed by atoms with Gasteiger partial charge in [0.2, 0.25) is 5.91 Å². The van der Waals surface area contributed by atoms with E-state index in [0.717, 1.165) is 0 Å². The zero-order valence-corrected chi connectivity index (χ0v) is 10.4. The van der Waals surface area contributed by atoms with Gasteiger partial charge >= 0.3 is 5.97 Å². The smallest absolute Gasteiger partial charge is 0.309 e. The van der Waals surface area contributed by atoms with Gasteiger partial charge < -0.3 is 15.7 Å². The van der Waals surface area contributed by atoms with Crippen molar-refractivity contribution in [2.24, 2.45) is 11.1 Å². The van der Waals surface area contributed by atoms with Gasteiger partial charge in [0.05, 0.1) is 5.41 Å². The summed E-state index contributed by atoms with van der Waals surface area (Å²) in [6.07, 6.45) is 2.93. The first-order valence-corrected chi connectivity index (χ1v) is 6.27. The highest BCUT2D eigenvalue weighted by Gasteiger charge is 2.40. The fraction of sp³-hybridized carbons (Fsp3) is 0.833. The second-order valence-corrected chi connectivity index (χ2v) is 4.71. The molecular formula is C12H22N2O3. The molecule has 0 spiro atoms. The van der Waals surface area contributed by atoms with Crippen LogP contribution in [0.2, 0.25) is 0 Å². The summed E-state index contributed by atoms with van der Waals surface area (Å²) in [6, 6.07) is 0. The van der Waals surface area contributed by atoms with Gasteiger partial charge in [-0.25, -0.2) is 0 Å². The molecular weight excluding hydrogens is 220 g/mol. The van der Waals surface area contributed by atoms with Crippen molar-refractivity contribution >= 4 is 11.9 Å². The van der Waals surface area contributed by atoms with Crippen LogP contribution in [0.15, 0.2) is 0 Å². The number of rotatable bonds is 5. The van der Waals surface area contributed by atoms with Crippen molar-refractivity contribution in [3.63, 3.8) is 0 Å². The molecule has 1 aliphatic heterocycles. The Kier molecular flexibility index (Phi) is 4.93. The molecule has 1 aliphatic rings. The van der Waals surface area contributed by atoms with Crippen LogP contribution in [0.3, 0.4) is 0 Å². The van der Waals surface area contributed by atoms with Gasteiger partial charge in [0.1, 0.15) is 0 Å². The molecule has 1 heterocycles. The minimum absolute atomic E-state index is 0.102. The minimum Gasteiger partial charge on any atom is -0.481 e. The summed E-state index contributed by atoms with van der Waals surface area (Å²) in [6.45, 7) is 3.54. The number of aliphatic carboxylic acids is 1. The summed E-state index contributed by atoms with van der Waals surface area (Å²) in [5.41, 5.74) is 4.74. The van der Waals surface area contributed by atoms with E-state index in [1.54, 1.807) is 4.90 Å². The lowest BCUT2D eigenvalue weighted by molar-refractivity contribution is -0.154. The number of carboxylic acids is 1. The lowest BCUT2D eigenvalue weighted by atomic mass is 9.76. The largest absolute Gasteiger partial charge is 0.481 e. The van der Waals surface area contributed by atoms with E-state index in [0.29, 0.717) is 51.7 Å². The first-order chi connectivity index (χ1) is 8.05. The van der Waals surface area contributed by atoms with Gasteiger partial charge in [-0.05, 0) is 32.2 Å². The second-order valence-electron chi connectivity index (χ2n) is 4.71. The Morgan fingerprint density at radius 1 is 1.35 bits per heavy atom. The Morgan fingerprint density at radius 3 is 2.35 bits per heavy atom. The van der Waals surface area contributed by atoms with Crippen LogP contribution in [-0.4, -0.2) is 41.5 Å². The van der Waals surface area contributed by atoms with Crippen molar-refractivity contribution < 1.29 is 14.7 Å². The molecule has 0 saturated carbocycles. The van der Waals surface area contributed by atoms with E-state index in [1.807, 2.05) is 6.92 Å². The van der Waals surface area contributed by atoms with Gasteiger partial charge in [0, 0.05) is 19.5 Å². The second kappa shape index (κ2) is 6.00. The van der Waals surface area contributed by atoms with Crippen LogP contribution in [0.5, 0.6) is 0 Å². The number of nitrogens with two attached hydrogens (primary N) is 1. The number of likely N-dealkylation sites (tertiary alicyclic amines) is 1. The number of amides is 1. The Balaban J connectivity index is 2.49. The molecule has 0 unspecified atom stereocenters. The molecule has 17 heavy (non-hydrogen) atoms. The summed E-state index contributed by atoms with van der Waals surface area (Å²) in [4.78, 5) is 24.8. The third-order valence-corrected chi connectivity index (χ3v) is 3.80. The molecule has 0 aliphatic carbocycles. The molecule has 0 radical (unpaired) electrons. The summed E-state index contributed by atoms with van der Waals surface area (Å²) in [7, 11) is 0. The molecule has 0 aromatic heterocycles. The quantitative estimate of drug-likeness (QED) is 0.748. The maximum atomic E-state index is 11.7. The highest BCUT2D eigenvalue weighted by atomic mass is 16.4. The van der Waals surface area contributed by atoms with Gasteiger partial charge in [-0.2, -0.15) is 0 Å². The van der Waals surface area contributed by atoms with Crippen LogP contribution in [0.25, 0.3) is 0 Å². The van der Waals surface area contributed by atoms with E-state index in [2.05, 4.69) is 0 Å². The normalized spacial score (nSPS) is 19.1. The van der Waals surface area contributed by atoms with E-state index < -0.39 is 11.4 Å². The average molecular weight is 242 g/mol. The maximum absolute atomic E-state index is 11.7. The maximum Gasteiger partial charge on any atom is 0.309 e. The number of carbonyl (C=O) groups excluding carboxylic acids is 1. The molecule has 1 saturated heterocycles. The van der Waals surface area contributed by atoms with Crippen molar-refractivity contribution in [3.8, 4) is 0 Å². The lowest BCUT2D eigenvalue weighted by Gasteiger charge is -2.38. The number of hydrogen-bond acceptors (Lipinski definition) is 3. The number of piperidine rings is 1. The first-order valence-electron chi connectivity index (χ1n) is 6.27. The van der Waals surface area contributed by atoms with Gasteiger partial charge in [-0.1, -0.05) is 6.92 Å². The Bertz CT molecular complexity index is 283. The predicted molar refractivity (Wildman–Crippen MR) is 64.5 cm³/mol. The van der Waals surface area contributed by atoms with Crippen LogP contribution in [-0.2, 0) is 9.59 Å². The number of carbonyl (C=O) groups is 2. The molecule has 0 aromatic carbocycles. The van der Waals surface area contributed by atoms with Crippen LogP contribution in [0.4, 0.5) is 0 Å². The molecule has 5 heteroatoms. The van der Waals surface area contributed by atoms with Gasteiger partial charge in [-0.15, -0.1) is 0 Å². The van der Waals surface area contributed by atoms with Crippen molar-refractivity contribution in [2.75, 3.05) is 19.6 Å². The monoisotopic (exact) mass is 242 g/mol. The molecule has 3 N–H and O–H groups in total. The molecule has 1 amide bonds. The van der Waals surface area contributed by atoms with E-state index in [4.69, 9.17) is 5.73 Å². The average Bonchev–Trinajstić information content (AvgIpc) is 2.35. The Hall–Kier alpha value is -1.10. The van der Waals surface area contributed by atoms with E-state index in [-0.39, 0.29) is 5.91 Å². The molecule has 0 bridgehead atoms. The van der Waals surface area contributed by atoms with Gasteiger partial charge in [-0.3, -0.25) is 9.59 Å². The topological polar surface area (TPSA) is 83.6 Å². The van der Waals surface area contributed by atoms with Crippen molar-refractivity contribution in [3.05, 3.63) is 0 Å². The Morgan fingerprint density at radius 2 is 1.94 bits per heavy atom. The predicted octanol–water partition coefficient (Wildman–Crippen LogP) is 0.829. The fourth-order valence-electron chi connectivity index (χ4n) is 2.31. The molecule has 1 fully saturated rings. The molecule has 0 aromatic rings. The summed E-state index contributed by atoms with van der Waals surface area (Å²) in [5, 5.41) is 9.24. The zero-order valence-electron chi connectivity index (χ0n) is 10.4. The molecule has 0 atom stereocenters. The zero-order chi connectivity index (χ0) is 12.9. The third kappa shape index (κ3) is 3.19. The van der Waals surface area contributed by atoms with Crippen molar-refractivity contribution in [1.82, 2.24) is 4.90 Å². The van der Waals surface area contributed by atoms with E-state index >= 15 is 0 Å². The van der Waals surface area contributed by atoms with E-state index in [9.17, 15) is 14.7 Å². The van der Waals surface area contributed by atoms with Crippen LogP contribution in [0.1, 0.15) is 39.0 Å². The summed E-state index contributed by atoms with van der Waals surface area (Å²) < 4.78 is 0. The van der Waals surface area contributed by atoms with Crippen molar-refractivity contribution in [1.29, 1.82) is 0 Å². The Labute approximate surface area is 102 Å². The third-order valence-electron chi connectivity index (χ3n) is 3.80. The van der Waals surface area contributed by atoms with Crippen LogP contribution in [0, 0.1) is 5.41 Å². The SMILES string of the molecule is CCC1(C(=O)O)CCN(C(=O)CCCN)CC1. The van der Waals surface area contributed by atoms with Gasteiger partial charge in [0.25, 0.3) is 0 Å². The summed E-state index contributed by atoms with van der Waals surface area (Å²) in [5.74, 6) is -0.625. The van der Waals surface area contributed by atoms with Crippen molar-refractivity contribution in [2.45, 2.75) is 39.0 Å². The number of hydrogen-bond donors (Lipinski definition) is 2. The van der Waals surface area contributed by atoms with Gasteiger partial charge in [0.15, 0.2) is 0 Å². The minimum atomic E-state index is -0.728. The summed E-state index contributed by atoms with van der Waals surface area (Å²) >= 11 is 0. The van der Waals surface area contributed by atoms with Crippen LogP contribution < -0.4 is 5.73 Å². The highest BCUT2D eigenvalue weighted by Crippen LogP contribution is 2.35. The van der Waals surface area contributed by atoms with Crippen LogP contribution >= 0.6 is 0 Å². The van der Waals surface area contributed by atoms with E-state index in [1.165, 1.54) is 0 Å². The lowest BCUT2D eigenvalue weighted by Crippen LogP contribution is -2.46. The standard InChI is InChI=1S/C12H22N2O3/c1-2-12(11(16)17)5-8-14(9-6-12)10(15)4-3-7-13/h2-9,13H2,1H3,(H,16,17). The number of carboxylic acid groups (broad SMARTS) is 1. The number of nitrogens with zero attached hydrogens (tertiary/aromatic N) is 1. The first kappa shape index (κ1) is 14.0. The fourth-order valence-corrected chi connectivity index (χ4v) is 2.31. The molecule has 5 nitrogen and oxygen atoms in total. The molecule has 1 rings (SSSR count). The molecule has 98 valence electrons. The highest BCUT2D eigenvalue weighted by molar-refractivity contribution is 5.78.